The summed E-state index contributed by atoms with van der Waals surface area (Å²) in [6.07, 6.45) is -1.75. The van der Waals surface area contributed by atoms with Crippen molar-refractivity contribution in [2.75, 3.05) is 13.2 Å². The Balaban J connectivity index is 1.65. The molecule has 2 nitrogen and oxygen atoms in total. The maximum absolute atomic E-state index is 13.1. The Bertz CT molecular complexity index is 850. The number of alkyl halides is 3. The normalized spacial score (nSPS) is 23.2. The molecule has 2 aromatic carbocycles. The van der Waals surface area contributed by atoms with E-state index < -0.39 is 11.7 Å². The molecule has 1 saturated heterocycles. The fourth-order valence-electron chi connectivity index (χ4n) is 3.85. The first-order valence-electron chi connectivity index (χ1n) is 8.87. The topological polar surface area (TPSA) is 12.5 Å². The first-order chi connectivity index (χ1) is 12.9. The average molecular weight is 394 g/mol. The lowest BCUT2D eigenvalue weighted by atomic mass is 9.88. The number of hydrogen-bond acceptors (Lipinski definition) is 2. The van der Waals surface area contributed by atoms with Crippen molar-refractivity contribution in [2.45, 2.75) is 31.2 Å². The highest BCUT2D eigenvalue weighted by Gasteiger charge is 2.36. The number of fused-ring (bicyclic) bond motifs is 2. The average Bonchev–Trinajstić information content (AvgIpc) is 2.62. The number of halogens is 4. The fraction of sp³-hybridized carbons (Fsp3) is 0.333. The van der Waals surface area contributed by atoms with Crippen LogP contribution in [0.1, 0.15) is 23.1 Å². The van der Waals surface area contributed by atoms with E-state index in [1.165, 1.54) is 11.6 Å². The molecule has 0 spiro atoms. The van der Waals surface area contributed by atoms with Crippen LogP contribution in [0, 0.1) is 0 Å². The molecule has 2 unspecified atom stereocenters. The predicted molar refractivity (Wildman–Crippen MR) is 99.4 cm³/mol. The van der Waals surface area contributed by atoms with E-state index in [0.29, 0.717) is 30.2 Å². The first-order valence-corrected chi connectivity index (χ1v) is 9.25. The maximum atomic E-state index is 13.1. The summed E-state index contributed by atoms with van der Waals surface area (Å²) in [7, 11) is 0. The second kappa shape index (κ2) is 7.30. The quantitative estimate of drug-likeness (QED) is 0.690. The van der Waals surface area contributed by atoms with E-state index in [1.54, 1.807) is 0 Å². The summed E-state index contributed by atoms with van der Waals surface area (Å²) >= 11 is 6.25. The van der Waals surface area contributed by atoms with Crippen LogP contribution in [-0.2, 0) is 17.5 Å². The molecule has 2 aliphatic heterocycles. The number of hydrogen-bond donors (Lipinski definition) is 0. The predicted octanol–water partition coefficient (Wildman–Crippen LogP) is 5.42. The van der Waals surface area contributed by atoms with Gasteiger partial charge in [-0.25, -0.2) is 0 Å². The van der Waals surface area contributed by atoms with Crippen LogP contribution >= 0.6 is 11.6 Å². The number of morpholine rings is 1. The Morgan fingerprint density at radius 3 is 2.56 bits per heavy atom. The van der Waals surface area contributed by atoms with Gasteiger partial charge in [-0.3, -0.25) is 4.90 Å². The number of benzene rings is 2. The van der Waals surface area contributed by atoms with Gasteiger partial charge in [-0.1, -0.05) is 48.0 Å². The first kappa shape index (κ1) is 18.5. The molecule has 0 radical (unpaired) electrons. The zero-order chi connectivity index (χ0) is 19.0. The van der Waals surface area contributed by atoms with Crippen molar-refractivity contribution < 1.29 is 17.9 Å². The van der Waals surface area contributed by atoms with E-state index >= 15 is 0 Å². The Morgan fingerprint density at radius 2 is 1.85 bits per heavy atom. The summed E-state index contributed by atoms with van der Waals surface area (Å²) in [6.45, 7) is 1.89. The third-order valence-electron chi connectivity index (χ3n) is 5.19. The molecule has 6 heteroatoms. The van der Waals surface area contributed by atoms with E-state index in [4.69, 9.17) is 16.3 Å². The molecular weight excluding hydrogens is 375 g/mol. The monoisotopic (exact) mass is 393 g/mol. The van der Waals surface area contributed by atoms with Gasteiger partial charge in [0.2, 0.25) is 0 Å². The van der Waals surface area contributed by atoms with Crippen LogP contribution in [0.2, 0.25) is 5.02 Å². The van der Waals surface area contributed by atoms with Crippen LogP contribution in [0.4, 0.5) is 13.2 Å². The van der Waals surface area contributed by atoms with Gasteiger partial charge < -0.3 is 4.74 Å². The van der Waals surface area contributed by atoms with E-state index in [-0.39, 0.29) is 12.1 Å². The van der Waals surface area contributed by atoms with Crippen molar-refractivity contribution in [1.82, 2.24) is 4.90 Å². The van der Waals surface area contributed by atoms with E-state index in [0.717, 1.165) is 24.3 Å². The molecule has 2 aliphatic rings. The molecule has 2 aromatic rings. The fourth-order valence-corrected chi connectivity index (χ4v) is 4.09. The van der Waals surface area contributed by atoms with Gasteiger partial charge in [-0.2, -0.15) is 13.2 Å². The highest BCUT2D eigenvalue weighted by molar-refractivity contribution is 6.32. The minimum Gasteiger partial charge on any atom is -0.378 e. The molecule has 1 fully saturated rings. The molecule has 2 heterocycles. The zero-order valence-corrected chi connectivity index (χ0v) is 15.3. The Morgan fingerprint density at radius 1 is 1.07 bits per heavy atom. The summed E-state index contributed by atoms with van der Waals surface area (Å²) in [5.74, 6) is 0. The van der Waals surface area contributed by atoms with Crippen LogP contribution in [-0.4, -0.2) is 30.2 Å². The zero-order valence-electron chi connectivity index (χ0n) is 14.5. The maximum Gasteiger partial charge on any atom is 0.416 e. The second-order valence-electron chi connectivity index (χ2n) is 7.00. The molecule has 0 aromatic heterocycles. The van der Waals surface area contributed by atoms with Gasteiger partial charge in [0.25, 0.3) is 0 Å². The molecule has 27 heavy (non-hydrogen) atoms. The minimum atomic E-state index is -4.38. The van der Waals surface area contributed by atoms with Crippen LogP contribution in [0.15, 0.2) is 54.6 Å². The van der Waals surface area contributed by atoms with Crippen LogP contribution in [0.25, 0.3) is 5.57 Å². The largest absolute Gasteiger partial charge is 0.416 e. The van der Waals surface area contributed by atoms with E-state index in [1.807, 2.05) is 24.3 Å². The van der Waals surface area contributed by atoms with Gasteiger partial charge in [0.1, 0.15) is 0 Å². The van der Waals surface area contributed by atoms with Gasteiger partial charge in [0.05, 0.1) is 24.8 Å². The van der Waals surface area contributed by atoms with Crippen molar-refractivity contribution in [1.29, 1.82) is 0 Å². The minimum absolute atomic E-state index is 0.0262. The SMILES string of the molecule is FC(F)(F)c1ccc(Cl)c(C2=CC3COCC(C2)N3Cc2ccccc2)c1. The lowest BCUT2D eigenvalue weighted by Gasteiger charge is -2.45. The Hall–Kier alpha value is -1.82. The molecule has 0 aliphatic carbocycles. The third kappa shape index (κ3) is 3.91. The van der Waals surface area contributed by atoms with Crippen LogP contribution in [0.5, 0.6) is 0 Å². The van der Waals surface area contributed by atoms with Crippen molar-refractivity contribution in [2.24, 2.45) is 0 Å². The Kier molecular flexibility index (Phi) is 5.01. The van der Waals surface area contributed by atoms with Crippen molar-refractivity contribution >= 4 is 17.2 Å². The van der Waals surface area contributed by atoms with Gasteiger partial charge in [-0.15, -0.1) is 0 Å². The van der Waals surface area contributed by atoms with E-state index in [2.05, 4.69) is 17.0 Å². The summed E-state index contributed by atoms with van der Waals surface area (Å²) in [5, 5.41) is 0.352. The van der Waals surface area contributed by atoms with Crippen LogP contribution in [0.3, 0.4) is 0 Å². The van der Waals surface area contributed by atoms with Crippen LogP contribution < -0.4 is 0 Å². The van der Waals surface area contributed by atoms with E-state index in [9.17, 15) is 13.2 Å². The highest BCUT2D eigenvalue weighted by atomic mass is 35.5. The van der Waals surface area contributed by atoms with Crippen molar-refractivity contribution in [3.05, 3.63) is 76.3 Å². The van der Waals surface area contributed by atoms with Gasteiger partial charge in [0.15, 0.2) is 0 Å². The van der Waals surface area contributed by atoms with Gasteiger partial charge in [-0.05, 0) is 41.3 Å². The molecule has 4 rings (SSSR count). The van der Waals surface area contributed by atoms with Gasteiger partial charge in [0, 0.05) is 17.6 Å². The Labute approximate surface area is 161 Å². The molecule has 0 amide bonds. The summed E-state index contributed by atoms with van der Waals surface area (Å²) < 4.78 is 45.0. The standard InChI is InChI=1S/C21H19ClF3NO/c22-20-7-6-16(21(23,24)25)10-19(20)15-8-17-12-27-13-18(9-15)26(17)11-14-4-2-1-3-5-14/h1-8,10,17-18H,9,11-13H2. The smallest absolute Gasteiger partial charge is 0.378 e. The summed E-state index contributed by atoms with van der Waals surface area (Å²) in [4.78, 5) is 2.36. The molecule has 0 N–H and O–H groups in total. The lowest BCUT2D eigenvalue weighted by molar-refractivity contribution is -0.137. The summed E-state index contributed by atoms with van der Waals surface area (Å²) in [5.41, 5.74) is 1.88. The summed E-state index contributed by atoms with van der Waals surface area (Å²) in [6, 6.07) is 13.8. The highest BCUT2D eigenvalue weighted by Crippen LogP contribution is 2.39. The number of ether oxygens (including phenoxy) is 1. The third-order valence-corrected chi connectivity index (χ3v) is 5.52. The molecule has 0 saturated carbocycles. The molecule has 2 atom stereocenters. The lowest BCUT2D eigenvalue weighted by Crippen LogP contribution is -2.53. The molecule has 2 bridgehead atoms. The van der Waals surface area contributed by atoms with Crippen molar-refractivity contribution in [3.8, 4) is 0 Å². The molecule has 142 valence electrons. The number of nitrogens with zero attached hydrogens (tertiary/aromatic N) is 1. The number of rotatable bonds is 3. The van der Waals surface area contributed by atoms with Gasteiger partial charge >= 0.3 is 6.18 Å². The molecular formula is C21H19ClF3NO. The second-order valence-corrected chi connectivity index (χ2v) is 7.41. The van der Waals surface area contributed by atoms with Crippen molar-refractivity contribution in [3.63, 3.8) is 0 Å².